The third-order valence-electron chi connectivity index (χ3n) is 3.77. The molecule has 10 heteroatoms. The molecule has 0 saturated carbocycles. The van der Waals surface area contributed by atoms with Gasteiger partial charge < -0.3 is 14.6 Å². The largest absolute Gasteiger partial charge is 0.493 e. The predicted octanol–water partition coefficient (Wildman–Crippen LogP) is 4.47. The average Bonchev–Trinajstić information content (AvgIpc) is 2.94. The molecule has 1 fully saturated rings. The summed E-state index contributed by atoms with van der Waals surface area (Å²) in [5, 5.41) is 8.79. The highest BCUT2D eigenvalue weighted by molar-refractivity contribution is 9.10. The lowest BCUT2D eigenvalue weighted by atomic mass is 10.1. The van der Waals surface area contributed by atoms with Crippen LogP contribution in [0.1, 0.15) is 5.56 Å². The van der Waals surface area contributed by atoms with E-state index in [4.69, 9.17) is 26.8 Å². The Kier molecular flexibility index (Phi) is 6.56. The van der Waals surface area contributed by atoms with Crippen LogP contribution in [0, 0.1) is 5.82 Å². The van der Waals surface area contributed by atoms with Crippen molar-refractivity contribution in [3.8, 4) is 11.5 Å². The highest BCUT2D eigenvalue weighted by Gasteiger charge is 2.33. The number of nitrogens with zero attached hydrogens (tertiary/aromatic N) is 1. The maximum atomic E-state index is 13.2. The highest BCUT2D eigenvalue weighted by Crippen LogP contribution is 2.40. The van der Waals surface area contributed by atoms with Crippen molar-refractivity contribution in [2.45, 2.75) is 0 Å². The highest BCUT2D eigenvalue weighted by atomic mass is 79.9. The molecule has 6 nitrogen and oxygen atoms in total. The lowest BCUT2D eigenvalue weighted by Crippen LogP contribution is -2.27. The van der Waals surface area contributed by atoms with Gasteiger partial charge in [0.15, 0.2) is 22.4 Å². The molecule has 0 aliphatic carbocycles. The van der Waals surface area contributed by atoms with Crippen molar-refractivity contribution in [2.75, 3.05) is 18.6 Å². The summed E-state index contributed by atoms with van der Waals surface area (Å²) in [5.74, 6) is -1.30. The van der Waals surface area contributed by atoms with E-state index < -0.39 is 18.4 Å². The monoisotopic (exact) mass is 497 g/mol. The molecular formula is C19H13BrFNO5S2. The quantitative estimate of drug-likeness (QED) is 0.466. The van der Waals surface area contributed by atoms with Gasteiger partial charge in [0.2, 0.25) is 0 Å². The predicted molar refractivity (Wildman–Crippen MR) is 116 cm³/mol. The number of halogens is 2. The second-order valence-corrected chi connectivity index (χ2v) is 8.24. The molecule has 1 N–H and O–H groups in total. The van der Waals surface area contributed by atoms with Crippen LogP contribution in [-0.4, -0.2) is 35.0 Å². The number of aliphatic carboxylic acids is 1. The zero-order valence-corrected chi connectivity index (χ0v) is 18.1. The number of amides is 1. The minimum Gasteiger partial charge on any atom is -0.493 e. The molecule has 1 heterocycles. The van der Waals surface area contributed by atoms with E-state index >= 15 is 0 Å². The minimum atomic E-state index is -1.12. The molecule has 0 unspecified atom stereocenters. The number of thioether (sulfide) groups is 1. The Morgan fingerprint density at radius 1 is 1.34 bits per heavy atom. The van der Waals surface area contributed by atoms with Crippen molar-refractivity contribution < 1.29 is 28.6 Å². The fourth-order valence-corrected chi connectivity index (χ4v) is 4.40. The van der Waals surface area contributed by atoms with Gasteiger partial charge in [-0.1, -0.05) is 24.0 Å². The normalized spacial score (nSPS) is 15.1. The SMILES string of the molecule is COc1cc(/C=C2/SC(=S)N(c3ccc(F)cc3)C2=O)cc(Br)c1OCC(=O)O. The van der Waals surface area contributed by atoms with E-state index in [0.717, 1.165) is 11.8 Å². The smallest absolute Gasteiger partial charge is 0.341 e. The van der Waals surface area contributed by atoms with Crippen LogP contribution in [0.3, 0.4) is 0 Å². The van der Waals surface area contributed by atoms with Gasteiger partial charge in [0, 0.05) is 0 Å². The number of carbonyl (C=O) groups is 2. The Morgan fingerprint density at radius 2 is 2.03 bits per heavy atom. The molecule has 1 amide bonds. The number of carboxylic acids is 1. The van der Waals surface area contributed by atoms with Gasteiger partial charge in [-0.15, -0.1) is 0 Å². The number of benzene rings is 2. The summed E-state index contributed by atoms with van der Waals surface area (Å²) in [6, 6.07) is 8.77. The summed E-state index contributed by atoms with van der Waals surface area (Å²) in [4.78, 5) is 25.3. The zero-order chi connectivity index (χ0) is 21.1. The number of methoxy groups -OCH3 is 1. The summed E-state index contributed by atoms with van der Waals surface area (Å²) in [6.07, 6.45) is 1.64. The van der Waals surface area contributed by atoms with Gasteiger partial charge in [0.05, 0.1) is 22.2 Å². The van der Waals surface area contributed by atoms with E-state index in [1.54, 1.807) is 18.2 Å². The van der Waals surface area contributed by atoms with E-state index in [2.05, 4.69) is 15.9 Å². The Morgan fingerprint density at radius 3 is 2.66 bits per heavy atom. The molecular weight excluding hydrogens is 485 g/mol. The average molecular weight is 498 g/mol. The number of hydrogen-bond acceptors (Lipinski definition) is 6. The maximum Gasteiger partial charge on any atom is 0.341 e. The molecule has 150 valence electrons. The molecule has 1 aliphatic rings. The minimum absolute atomic E-state index is 0.242. The van der Waals surface area contributed by atoms with Crippen LogP contribution in [0.2, 0.25) is 0 Å². The lowest BCUT2D eigenvalue weighted by molar-refractivity contribution is -0.139. The number of ether oxygens (including phenoxy) is 2. The standard InChI is InChI=1S/C19H13BrFNO5S2/c1-26-14-7-10(6-13(20)17(14)27-9-16(23)24)8-15-18(25)22(19(28)29-15)12-4-2-11(21)3-5-12/h2-8H,9H2,1H3,(H,23,24)/b15-8+. The van der Waals surface area contributed by atoms with Gasteiger partial charge in [0.25, 0.3) is 5.91 Å². The molecule has 2 aromatic rings. The first-order valence-electron chi connectivity index (χ1n) is 8.06. The first kappa shape index (κ1) is 21.3. The summed E-state index contributed by atoms with van der Waals surface area (Å²) >= 11 is 9.76. The number of rotatable bonds is 6. The first-order valence-corrected chi connectivity index (χ1v) is 10.1. The molecule has 1 aliphatic heterocycles. The van der Waals surface area contributed by atoms with E-state index in [1.807, 2.05) is 0 Å². The van der Waals surface area contributed by atoms with Crippen molar-refractivity contribution in [2.24, 2.45) is 0 Å². The molecule has 0 radical (unpaired) electrons. The molecule has 29 heavy (non-hydrogen) atoms. The van der Waals surface area contributed by atoms with Gasteiger partial charge in [0.1, 0.15) is 5.82 Å². The number of thiocarbonyl (C=S) groups is 1. The lowest BCUT2D eigenvalue weighted by Gasteiger charge is -2.14. The third kappa shape index (κ3) is 4.77. The van der Waals surface area contributed by atoms with Gasteiger partial charge in [-0.3, -0.25) is 9.69 Å². The number of carbonyl (C=O) groups excluding carboxylic acids is 1. The van der Waals surface area contributed by atoms with Gasteiger partial charge in [-0.25, -0.2) is 9.18 Å². The van der Waals surface area contributed by atoms with Gasteiger partial charge >= 0.3 is 5.97 Å². The zero-order valence-electron chi connectivity index (χ0n) is 14.8. The van der Waals surface area contributed by atoms with Crippen LogP contribution >= 0.6 is 39.9 Å². The Hall–Kier alpha value is -2.43. The van der Waals surface area contributed by atoms with E-state index in [0.29, 0.717) is 30.7 Å². The van der Waals surface area contributed by atoms with Crippen LogP contribution in [0.5, 0.6) is 11.5 Å². The summed E-state index contributed by atoms with van der Waals surface area (Å²) in [7, 11) is 1.42. The number of carboxylic acid groups (broad SMARTS) is 1. The maximum absolute atomic E-state index is 13.2. The van der Waals surface area contributed by atoms with Crippen LogP contribution in [-0.2, 0) is 9.59 Å². The third-order valence-corrected chi connectivity index (χ3v) is 5.66. The molecule has 0 aromatic heterocycles. The molecule has 3 rings (SSSR count). The van der Waals surface area contributed by atoms with Crippen LogP contribution in [0.15, 0.2) is 45.8 Å². The number of anilines is 1. The summed E-state index contributed by atoms with van der Waals surface area (Å²) in [5.41, 5.74) is 1.10. The Balaban J connectivity index is 1.90. The Bertz CT molecular complexity index is 1030. The van der Waals surface area contributed by atoms with E-state index in [-0.39, 0.29) is 11.7 Å². The van der Waals surface area contributed by atoms with E-state index in [9.17, 15) is 14.0 Å². The van der Waals surface area contributed by atoms with Crippen molar-refractivity contribution in [3.05, 3.63) is 57.2 Å². The second-order valence-electron chi connectivity index (χ2n) is 5.71. The van der Waals surface area contributed by atoms with Crippen molar-refractivity contribution in [1.29, 1.82) is 0 Å². The molecule has 0 atom stereocenters. The number of hydrogen-bond donors (Lipinski definition) is 1. The summed E-state index contributed by atoms with van der Waals surface area (Å²) < 4.78 is 24.5. The topological polar surface area (TPSA) is 76.1 Å². The Labute approximate surface area is 183 Å². The van der Waals surface area contributed by atoms with Gasteiger partial charge in [-0.05, 0) is 64.0 Å². The fraction of sp³-hybridized carbons (Fsp3) is 0.105. The van der Waals surface area contributed by atoms with Crippen LogP contribution in [0.4, 0.5) is 10.1 Å². The molecule has 1 saturated heterocycles. The van der Waals surface area contributed by atoms with Crippen molar-refractivity contribution >= 4 is 67.9 Å². The van der Waals surface area contributed by atoms with Crippen molar-refractivity contribution in [3.63, 3.8) is 0 Å². The fourth-order valence-electron chi connectivity index (χ4n) is 2.53. The first-order chi connectivity index (χ1) is 13.8. The van der Waals surface area contributed by atoms with Crippen LogP contribution in [0.25, 0.3) is 6.08 Å². The second kappa shape index (κ2) is 8.93. The van der Waals surface area contributed by atoms with E-state index in [1.165, 1.54) is 36.3 Å². The molecule has 0 spiro atoms. The molecule has 2 aromatic carbocycles. The molecule has 0 bridgehead atoms. The summed E-state index contributed by atoms with van der Waals surface area (Å²) in [6.45, 7) is -0.523. The van der Waals surface area contributed by atoms with Crippen molar-refractivity contribution in [1.82, 2.24) is 0 Å². The van der Waals surface area contributed by atoms with Crippen LogP contribution < -0.4 is 14.4 Å². The van der Waals surface area contributed by atoms with Gasteiger partial charge in [-0.2, -0.15) is 0 Å².